The molecule has 0 unspecified atom stereocenters. The van der Waals surface area contributed by atoms with Gasteiger partial charge in [-0.25, -0.2) is 4.85 Å². The van der Waals surface area contributed by atoms with Gasteiger partial charge in [0.1, 0.15) is 0 Å². The third kappa shape index (κ3) is 5.43. The van der Waals surface area contributed by atoms with Gasteiger partial charge in [0, 0.05) is 43.5 Å². The number of hydrogen-bond acceptors (Lipinski definition) is 0. The monoisotopic (exact) mass is 856 g/mol. The second-order valence-electron chi connectivity index (χ2n) is 17.1. The van der Waals surface area contributed by atoms with Crippen LogP contribution in [0.1, 0.15) is 0 Å². The van der Waals surface area contributed by atoms with Gasteiger partial charge in [0.15, 0.2) is 13.8 Å². The van der Waals surface area contributed by atoms with Crippen LogP contribution in [0.3, 0.4) is 0 Å². The third-order valence-corrected chi connectivity index (χ3v) is 18.6. The minimum Gasteiger partial charge on any atom is -0.310 e. The van der Waals surface area contributed by atoms with Crippen LogP contribution < -0.4 is 20.7 Å². The molecule has 0 atom stereocenters. The maximum atomic E-state index is 7.89. The van der Waals surface area contributed by atoms with E-state index < -0.39 is 8.07 Å². The summed E-state index contributed by atoms with van der Waals surface area (Å²) < 4.78 is 7.27. The zero-order chi connectivity index (χ0) is 43.8. The molecule has 0 amide bonds. The molecule has 10 aromatic carbocycles. The highest BCUT2D eigenvalue weighted by atomic mass is 28.3. The molecule has 0 N–H and O–H groups in total. The van der Waals surface area contributed by atoms with E-state index in [4.69, 9.17) is 6.57 Å². The first-order valence-corrected chi connectivity index (χ1v) is 24.5. The normalized spacial score (nSPS) is 11.9. The molecule has 66 heavy (non-hydrogen) atoms. The number of para-hydroxylation sites is 3. The molecule has 0 saturated heterocycles. The van der Waals surface area contributed by atoms with Gasteiger partial charge in [-0.1, -0.05) is 182 Å². The van der Waals surface area contributed by atoms with Crippen LogP contribution in [0.4, 0.5) is 5.69 Å². The molecule has 3 aromatic heterocycles. The highest BCUT2D eigenvalue weighted by Gasteiger charge is 2.41. The lowest BCUT2D eigenvalue weighted by molar-refractivity contribution is 1.17. The summed E-state index contributed by atoms with van der Waals surface area (Å²) in [5.74, 6) is 0. The minimum absolute atomic E-state index is 0.629. The molecular weight excluding hydrogens is 817 g/mol. The summed E-state index contributed by atoms with van der Waals surface area (Å²) in [6, 6.07) is 88.6. The van der Waals surface area contributed by atoms with Crippen LogP contribution in [0.15, 0.2) is 243 Å². The van der Waals surface area contributed by atoms with Gasteiger partial charge in [0.25, 0.3) is 0 Å². The summed E-state index contributed by atoms with van der Waals surface area (Å²) in [5.41, 5.74) is 10.7. The summed E-state index contributed by atoms with van der Waals surface area (Å²) in [4.78, 5) is 3.84. The van der Waals surface area contributed by atoms with Crippen molar-refractivity contribution < 1.29 is 0 Å². The highest BCUT2D eigenvalue weighted by molar-refractivity contribution is 7.19. The van der Waals surface area contributed by atoms with Gasteiger partial charge < -0.3 is 13.7 Å². The first-order valence-electron chi connectivity index (χ1n) is 22.5. The first-order chi connectivity index (χ1) is 32.7. The second-order valence-corrected chi connectivity index (χ2v) is 20.9. The Morgan fingerprint density at radius 3 is 1.23 bits per heavy atom. The van der Waals surface area contributed by atoms with Crippen LogP contribution in [-0.4, -0.2) is 21.8 Å². The quantitative estimate of drug-likeness (QED) is 0.0864. The lowest BCUT2D eigenvalue weighted by Crippen LogP contribution is -2.74. The van der Waals surface area contributed by atoms with Crippen molar-refractivity contribution in [3.8, 4) is 17.1 Å². The highest BCUT2D eigenvalue weighted by Crippen LogP contribution is 2.43. The molecule has 0 saturated carbocycles. The average molecular weight is 857 g/mol. The van der Waals surface area contributed by atoms with Crippen molar-refractivity contribution >= 4 is 99.9 Å². The van der Waals surface area contributed by atoms with Crippen molar-refractivity contribution in [3.63, 3.8) is 0 Å². The first kappa shape index (κ1) is 37.8. The van der Waals surface area contributed by atoms with Gasteiger partial charge in [-0.05, 0) is 81.4 Å². The van der Waals surface area contributed by atoms with Crippen LogP contribution in [0, 0.1) is 6.57 Å². The number of hydrogen-bond donors (Lipinski definition) is 0. The number of rotatable bonds is 7. The molecule has 0 bridgehead atoms. The molecule has 3 heterocycles. The van der Waals surface area contributed by atoms with Crippen LogP contribution in [0.25, 0.3) is 87.3 Å². The van der Waals surface area contributed by atoms with E-state index in [2.05, 4.69) is 249 Å². The van der Waals surface area contributed by atoms with E-state index >= 15 is 0 Å². The Bertz CT molecular complexity index is 3950. The van der Waals surface area contributed by atoms with Gasteiger partial charge in [0.05, 0.1) is 45.5 Å². The smallest absolute Gasteiger partial charge is 0.189 e. The van der Waals surface area contributed by atoms with Crippen LogP contribution in [0.5, 0.6) is 0 Å². The van der Waals surface area contributed by atoms with E-state index in [1.54, 1.807) is 0 Å². The number of aromatic nitrogens is 3. The minimum atomic E-state index is -2.70. The summed E-state index contributed by atoms with van der Waals surface area (Å²) in [6.45, 7) is 7.89. The molecule has 13 aromatic rings. The Morgan fingerprint density at radius 1 is 0.303 bits per heavy atom. The Morgan fingerprint density at radius 2 is 0.697 bits per heavy atom. The molecule has 0 aliphatic rings. The summed E-state index contributed by atoms with van der Waals surface area (Å²) in [6.07, 6.45) is 0. The fraction of sp³-hybridized carbons (Fsp3) is 0. The molecule has 308 valence electrons. The molecule has 0 fully saturated rings. The van der Waals surface area contributed by atoms with Gasteiger partial charge in [0.2, 0.25) is 0 Å². The van der Waals surface area contributed by atoms with Crippen molar-refractivity contribution in [2.24, 2.45) is 0 Å². The van der Waals surface area contributed by atoms with Crippen LogP contribution in [-0.2, 0) is 0 Å². The van der Waals surface area contributed by atoms with Crippen molar-refractivity contribution in [1.82, 2.24) is 13.7 Å². The fourth-order valence-corrected chi connectivity index (χ4v) is 15.9. The summed E-state index contributed by atoms with van der Waals surface area (Å²) in [7, 11) is -2.70. The van der Waals surface area contributed by atoms with Gasteiger partial charge >= 0.3 is 0 Å². The van der Waals surface area contributed by atoms with Crippen molar-refractivity contribution in [1.29, 1.82) is 0 Å². The summed E-state index contributed by atoms with van der Waals surface area (Å²) in [5, 5.41) is 12.5. The van der Waals surface area contributed by atoms with E-state index in [-0.39, 0.29) is 0 Å². The van der Waals surface area contributed by atoms with Crippen molar-refractivity contribution in [2.75, 3.05) is 0 Å². The molecule has 5 heteroatoms. The molecule has 0 spiro atoms. The standard InChI is InChI=1S/C61H40N4Si/c1-62-42-35-40-49-48-25-11-14-28-52(48)65(59(49)41-42)58-34-18-33-57-61(58)51-27-13-16-30-54(51)64(57)56-32-17-31-55-60(56)50-26-12-15-29-53(50)63(55)43-36-38-47(39-37-43)66(44-19-5-2-6-20-44,45-21-7-3-8-22-45)46-23-9-4-10-24-46/h2-41H. The van der Waals surface area contributed by atoms with Crippen LogP contribution in [0.2, 0.25) is 0 Å². The van der Waals surface area contributed by atoms with Crippen molar-refractivity contribution in [2.45, 2.75) is 0 Å². The molecule has 13 rings (SSSR count). The van der Waals surface area contributed by atoms with Crippen LogP contribution >= 0.6 is 0 Å². The Labute approximate surface area is 382 Å². The molecule has 0 radical (unpaired) electrons. The summed E-state index contributed by atoms with van der Waals surface area (Å²) >= 11 is 0. The van der Waals surface area contributed by atoms with E-state index in [1.807, 2.05) is 12.1 Å². The molecule has 0 aliphatic heterocycles. The largest absolute Gasteiger partial charge is 0.310 e. The maximum absolute atomic E-state index is 7.89. The average Bonchev–Trinajstić information content (AvgIpc) is 4.03. The zero-order valence-corrected chi connectivity index (χ0v) is 36.9. The number of benzene rings is 10. The van der Waals surface area contributed by atoms with E-state index in [0.717, 1.165) is 55.5 Å². The van der Waals surface area contributed by atoms with E-state index in [0.29, 0.717) is 5.69 Å². The molecule has 0 aliphatic carbocycles. The third-order valence-electron chi connectivity index (χ3n) is 13.8. The Kier molecular flexibility index (Phi) is 8.57. The number of fused-ring (bicyclic) bond motifs is 9. The fourth-order valence-electron chi connectivity index (χ4n) is 11.1. The molecular formula is C61H40N4Si. The SMILES string of the molecule is [C-]#[N+]c1ccc2c3ccccc3n(-c3cccc4c3c3ccccc3n4-c3cccc4c3c3ccccc3n4-c3ccc([Si](c4ccccc4)(c4ccccc4)c4ccccc4)cc3)c2c1. The lowest BCUT2D eigenvalue weighted by Gasteiger charge is -2.34. The zero-order valence-electron chi connectivity index (χ0n) is 35.9. The van der Waals surface area contributed by atoms with Gasteiger partial charge in [-0.15, -0.1) is 0 Å². The van der Waals surface area contributed by atoms with E-state index in [1.165, 1.54) is 47.7 Å². The van der Waals surface area contributed by atoms with Gasteiger partial charge in [-0.3, -0.25) is 0 Å². The Balaban J connectivity index is 1.05. The van der Waals surface area contributed by atoms with Gasteiger partial charge in [-0.2, -0.15) is 0 Å². The predicted octanol–water partition coefficient (Wildman–Crippen LogP) is 12.9. The Hall–Kier alpha value is -8.69. The number of nitrogens with zero attached hydrogens (tertiary/aromatic N) is 4. The second kappa shape index (κ2) is 15.0. The predicted molar refractivity (Wildman–Crippen MR) is 279 cm³/mol. The van der Waals surface area contributed by atoms with Crippen molar-refractivity contribution in [3.05, 3.63) is 254 Å². The van der Waals surface area contributed by atoms with E-state index in [9.17, 15) is 0 Å². The topological polar surface area (TPSA) is 19.1 Å². The molecule has 4 nitrogen and oxygen atoms in total. The maximum Gasteiger partial charge on any atom is 0.189 e. The lowest BCUT2D eigenvalue weighted by atomic mass is 10.1.